The predicted octanol–water partition coefficient (Wildman–Crippen LogP) is 2.23. The van der Waals surface area contributed by atoms with Gasteiger partial charge in [0.15, 0.2) is 15.8 Å². The van der Waals surface area contributed by atoms with Crippen molar-refractivity contribution in [3.63, 3.8) is 0 Å². The molecule has 1 atom stereocenters. The average Bonchev–Trinajstić information content (AvgIpc) is 2.67. The molecule has 0 radical (unpaired) electrons. The van der Waals surface area contributed by atoms with E-state index in [-0.39, 0.29) is 28.9 Å². The van der Waals surface area contributed by atoms with E-state index < -0.39 is 22.1 Å². The molecule has 0 spiro atoms. The molecule has 0 aliphatic carbocycles. The van der Waals surface area contributed by atoms with Crippen molar-refractivity contribution in [2.45, 2.75) is 24.0 Å². The molecule has 1 heterocycles. The predicted molar refractivity (Wildman–Crippen MR) is 120 cm³/mol. The minimum absolute atomic E-state index is 0. The van der Waals surface area contributed by atoms with Gasteiger partial charge in [0, 0.05) is 39.5 Å². The molecule has 1 fully saturated rings. The highest BCUT2D eigenvalue weighted by Crippen LogP contribution is 2.25. The Morgan fingerprint density at radius 2 is 1.77 bits per heavy atom. The van der Waals surface area contributed by atoms with Crippen LogP contribution in [0.25, 0.3) is 0 Å². The van der Waals surface area contributed by atoms with Gasteiger partial charge in [0.2, 0.25) is 0 Å². The highest BCUT2D eigenvalue weighted by molar-refractivity contribution is 14.0. The van der Waals surface area contributed by atoms with E-state index in [0.717, 1.165) is 6.26 Å². The highest BCUT2D eigenvalue weighted by Gasteiger charge is 2.41. The van der Waals surface area contributed by atoms with Crippen LogP contribution in [0.3, 0.4) is 0 Å². The smallest absolute Gasteiger partial charge is 0.403 e. The molecule has 1 unspecified atom stereocenters. The Kier molecular flexibility index (Phi) is 10.1. The average molecular weight is 564 g/mol. The summed E-state index contributed by atoms with van der Waals surface area (Å²) >= 11 is 0. The number of piperazine rings is 1. The first-order valence-electron chi connectivity index (χ1n) is 9.21. The molecule has 0 saturated carbocycles. The summed E-state index contributed by atoms with van der Waals surface area (Å²) in [6, 6.07) is 4.69. The Morgan fingerprint density at radius 1 is 1.20 bits per heavy atom. The fourth-order valence-corrected chi connectivity index (χ4v) is 3.61. The standard InChI is InChI=1S/C18H27F3N4O3S.HI/c1-14(18(19,20)21)24-9-11-25(12-10-24)17(22-2)23-8-13-28-15-4-6-16(7-5-15)29(3,26)27;/h4-7,14H,8-13H2,1-3H3,(H,22,23);1H. The number of rotatable bonds is 6. The minimum atomic E-state index is -4.22. The first-order chi connectivity index (χ1) is 13.5. The zero-order valence-corrected chi connectivity index (χ0v) is 20.3. The molecule has 172 valence electrons. The van der Waals surface area contributed by atoms with E-state index in [1.165, 1.54) is 24.0 Å². The molecule has 1 aromatic rings. The van der Waals surface area contributed by atoms with E-state index in [1.807, 2.05) is 4.90 Å². The van der Waals surface area contributed by atoms with Crippen molar-refractivity contribution in [1.29, 1.82) is 0 Å². The Morgan fingerprint density at radius 3 is 2.23 bits per heavy atom. The Bertz CT molecular complexity index is 796. The van der Waals surface area contributed by atoms with E-state index in [2.05, 4.69) is 10.3 Å². The molecule has 1 aliphatic heterocycles. The third-order valence-electron chi connectivity index (χ3n) is 4.75. The van der Waals surface area contributed by atoms with Gasteiger partial charge in [-0.25, -0.2) is 8.42 Å². The number of guanidine groups is 1. The normalized spacial score (nSPS) is 17.3. The van der Waals surface area contributed by atoms with Gasteiger partial charge in [0.1, 0.15) is 18.4 Å². The maximum absolute atomic E-state index is 12.8. The maximum Gasteiger partial charge on any atom is 0.403 e. The van der Waals surface area contributed by atoms with Gasteiger partial charge >= 0.3 is 6.18 Å². The number of hydrogen-bond acceptors (Lipinski definition) is 5. The SMILES string of the molecule is CN=C(NCCOc1ccc(S(C)(=O)=O)cc1)N1CCN(C(C)C(F)(F)F)CC1.I. The van der Waals surface area contributed by atoms with Crippen LogP contribution >= 0.6 is 24.0 Å². The summed E-state index contributed by atoms with van der Waals surface area (Å²) in [4.78, 5) is 7.75. The third-order valence-corrected chi connectivity index (χ3v) is 5.88. The summed E-state index contributed by atoms with van der Waals surface area (Å²) < 4.78 is 67.0. The number of ether oxygens (including phenoxy) is 1. The van der Waals surface area contributed by atoms with Crippen molar-refractivity contribution in [2.75, 3.05) is 52.6 Å². The lowest BCUT2D eigenvalue weighted by molar-refractivity contribution is -0.181. The summed E-state index contributed by atoms with van der Waals surface area (Å²) in [7, 11) is -1.62. The Hall–Kier alpha value is -1.28. The summed E-state index contributed by atoms with van der Waals surface area (Å²) in [5, 5.41) is 3.13. The van der Waals surface area contributed by atoms with Crippen molar-refractivity contribution < 1.29 is 26.3 Å². The van der Waals surface area contributed by atoms with Crippen LogP contribution < -0.4 is 10.1 Å². The molecule has 0 bridgehead atoms. The van der Waals surface area contributed by atoms with Crippen LogP contribution in [-0.4, -0.2) is 89.0 Å². The van der Waals surface area contributed by atoms with Crippen molar-refractivity contribution in [3.8, 4) is 5.75 Å². The molecule has 1 aliphatic rings. The zero-order chi connectivity index (χ0) is 21.7. The second-order valence-electron chi connectivity index (χ2n) is 6.81. The van der Waals surface area contributed by atoms with Gasteiger partial charge in [-0.2, -0.15) is 13.2 Å². The van der Waals surface area contributed by atoms with Crippen LogP contribution in [0.5, 0.6) is 5.75 Å². The van der Waals surface area contributed by atoms with Crippen LogP contribution in [0.1, 0.15) is 6.92 Å². The second kappa shape index (κ2) is 11.4. The highest BCUT2D eigenvalue weighted by atomic mass is 127. The van der Waals surface area contributed by atoms with Crippen molar-refractivity contribution in [2.24, 2.45) is 4.99 Å². The zero-order valence-electron chi connectivity index (χ0n) is 17.1. The lowest BCUT2D eigenvalue weighted by atomic mass is 10.2. The Labute approximate surface area is 192 Å². The molecule has 7 nitrogen and oxygen atoms in total. The fraction of sp³-hybridized carbons (Fsp3) is 0.611. The van der Waals surface area contributed by atoms with E-state index in [9.17, 15) is 21.6 Å². The molecule has 1 aromatic carbocycles. The van der Waals surface area contributed by atoms with Crippen molar-refractivity contribution >= 4 is 39.8 Å². The molecule has 1 saturated heterocycles. The van der Waals surface area contributed by atoms with Gasteiger partial charge in [-0.3, -0.25) is 9.89 Å². The van der Waals surface area contributed by atoms with Crippen LogP contribution in [0, 0.1) is 0 Å². The number of nitrogens with zero attached hydrogens (tertiary/aromatic N) is 3. The van der Waals surface area contributed by atoms with Crippen LogP contribution in [0.2, 0.25) is 0 Å². The summed E-state index contributed by atoms with van der Waals surface area (Å²) in [6.07, 6.45) is -3.08. The number of hydrogen-bond donors (Lipinski definition) is 1. The molecule has 2 rings (SSSR count). The monoisotopic (exact) mass is 564 g/mol. The minimum Gasteiger partial charge on any atom is -0.492 e. The van der Waals surface area contributed by atoms with Gasteiger partial charge in [-0.15, -0.1) is 24.0 Å². The van der Waals surface area contributed by atoms with E-state index in [1.54, 1.807) is 19.2 Å². The lowest BCUT2D eigenvalue weighted by Gasteiger charge is -2.39. The first-order valence-corrected chi connectivity index (χ1v) is 11.1. The molecule has 0 amide bonds. The molecule has 1 N–H and O–H groups in total. The van der Waals surface area contributed by atoms with Crippen LogP contribution in [-0.2, 0) is 9.84 Å². The third kappa shape index (κ3) is 7.76. The largest absolute Gasteiger partial charge is 0.492 e. The summed E-state index contributed by atoms with van der Waals surface area (Å²) in [6.45, 7) is 3.47. The first kappa shape index (κ1) is 26.8. The van der Waals surface area contributed by atoms with Gasteiger partial charge in [0.25, 0.3) is 0 Å². The molecular weight excluding hydrogens is 536 g/mol. The molecule has 12 heteroatoms. The molecule has 0 aromatic heterocycles. The van der Waals surface area contributed by atoms with Crippen molar-refractivity contribution in [3.05, 3.63) is 24.3 Å². The lowest BCUT2D eigenvalue weighted by Crippen LogP contribution is -2.57. The van der Waals surface area contributed by atoms with Crippen LogP contribution in [0.15, 0.2) is 34.2 Å². The number of alkyl halides is 3. The summed E-state index contributed by atoms with van der Waals surface area (Å²) in [5.41, 5.74) is 0. The molecular formula is C18H28F3IN4O3S. The van der Waals surface area contributed by atoms with Crippen LogP contribution in [0.4, 0.5) is 13.2 Å². The summed E-state index contributed by atoms with van der Waals surface area (Å²) in [5.74, 6) is 1.16. The topological polar surface area (TPSA) is 74.2 Å². The maximum atomic E-state index is 12.8. The fourth-order valence-electron chi connectivity index (χ4n) is 2.98. The van der Waals surface area contributed by atoms with E-state index >= 15 is 0 Å². The quantitative estimate of drug-likeness (QED) is 0.248. The van der Waals surface area contributed by atoms with Gasteiger partial charge < -0.3 is 15.0 Å². The number of aliphatic imine (C=N–C) groups is 1. The molecule has 30 heavy (non-hydrogen) atoms. The van der Waals surface area contributed by atoms with Gasteiger partial charge in [0.05, 0.1) is 11.4 Å². The van der Waals surface area contributed by atoms with E-state index in [4.69, 9.17) is 4.74 Å². The Balaban J connectivity index is 0.00000450. The van der Waals surface area contributed by atoms with E-state index in [0.29, 0.717) is 51.0 Å². The van der Waals surface area contributed by atoms with Gasteiger partial charge in [-0.1, -0.05) is 0 Å². The number of sulfone groups is 1. The second-order valence-corrected chi connectivity index (χ2v) is 8.82. The number of halogens is 4. The number of benzene rings is 1. The number of nitrogens with one attached hydrogen (secondary N) is 1. The van der Waals surface area contributed by atoms with Crippen molar-refractivity contribution in [1.82, 2.24) is 15.1 Å². The van der Waals surface area contributed by atoms with Gasteiger partial charge in [-0.05, 0) is 31.2 Å².